The maximum atomic E-state index is 15.1. The molecule has 5 fully saturated rings. The number of amides is 2. The fraction of sp³-hybridized carbons (Fsp3) is 0.526. The third-order valence-corrected chi connectivity index (χ3v) is 14.4. The lowest BCUT2D eigenvalue weighted by atomic mass is 9.71. The molecule has 2 saturated carbocycles. The van der Waals surface area contributed by atoms with E-state index in [1.165, 1.54) is 18.9 Å². The lowest BCUT2D eigenvalue weighted by Gasteiger charge is -2.28. The Kier molecular flexibility index (Phi) is 6.82. The number of fused-ring (bicyclic) bond motifs is 7. The molecule has 10 nitrogen and oxygen atoms in total. The maximum Gasteiger partial charge on any atom is 0.265 e. The first-order valence-electron chi connectivity index (χ1n) is 17.7. The smallest absolute Gasteiger partial charge is 0.265 e. The predicted molar refractivity (Wildman–Crippen MR) is 186 cm³/mol. The number of rotatable bonds is 6. The number of aromatic nitrogens is 1. The standard InChI is InChI=1S/C38H44N4O6S/c1-23(2)49(45,46)40-34(43)25-9-11-28-31(13-25)42-20-38(35(44)41-18-36-16-39-17-37(36,19-41)22-48-21-36)15-30(38)29-14-26(47-3)10-12-27(29)33(42)32(28)24-7-5-4-6-8-24/h9-14,24,30,39H,1,4-8,15-22H2,2-3H3,(H,40,43)/t30-,36?,37?,38?/m0/s1. The molecule has 0 bridgehead atoms. The van der Waals surface area contributed by atoms with E-state index in [4.69, 9.17) is 9.47 Å². The first-order valence-corrected chi connectivity index (χ1v) is 19.1. The SMILES string of the molecule is C=C(C)S(=O)(=O)NC(=O)c1ccc2c(C3CCCCC3)c3n(c2c1)CC1(C(=O)N2CC45CNCC4(COC5)C2)C[C@H]1c1cc(OC)ccc1-3. The number of nitrogens with zero attached hydrogens (tertiary/aromatic N) is 2. The number of likely N-dealkylation sites (tertiary alicyclic amines) is 1. The molecule has 6 aliphatic rings. The van der Waals surface area contributed by atoms with E-state index < -0.39 is 21.3 Å². The minimum atomic E-state index is -4.00. The van der Waals surface area contributed by atoms with Gasteiger partial charge in [0.15, 0.2) is 0 Å². The van der Waals surface area contributed by atoms with Crippen LogP contribution in [0.15, 0.2) is 47.9 Å². The lowest BCUT2D eigenvalue weighted by Crippen LogP contribution is -2.42. The summed E-state index contributed by atoms with van der Waals surface area (Å²) in [5.74, 6) is 0.667. The van der Waals surface area contributed by atoms with Crippen LogP contribution in [0.25, 0.3) is 22.2 Å². The van der Waals surface area contributed by atoms with E-state index in [2.05, 4.69) is 38.2 Å². The molecule has 2 amide bonds. The average Bonchev–Trinajstić information content (AvgIpc) is 3.25. The van der Waals surface area contributed by atoms with Gasteiger partial charge in [-0.3, -0.25) is 9.59 Å². The Balaban J connectivity index is 1.21. The molecule has 11 heteroatoms. The van der Waals surface area contributed by atoms with Gasteiger partial charge in [-0.05, 0) is 73.6 Å². The van der Waals surface area contributed by atoms with Crippen LogP contribution in [-0.4, -0.2) is 76.2 Å². The molecular formula is C38H44N4O6S. The van der Waals surface area contributed by atoms with Crippen LogP contribution < -0.4 is 14.8 Å². The Labute approximate surface area is 287 Å². The summed E-state index contributed by atoms with van der Waals surface area (Å²) in [6.07, 6.45) is 6.45. The molecule has 1 aromatic heterocycles. The number of allylic oxidation sites excluding steroid dienone is 1. The molecule has 2 aliphatic carbocycles. The summed E-state index contributed by atoms with van der Waals surface area (Å²) in [4.78, 5) is 30.5. The number of ether oxygens (including phenoxy) is 2. The van der Waals surface area contributed by atoms with Gasteiger partial charge in [-0.2, -0.15) is 0 Å². The quantitative estimate of drug-likeness (QED) is 0.380. The minimum absolute atomic E-state index is 0.0381. The van der Waals surface area contributed by atoms with Crippen molar-refractivity contribution >= 4 is 32.7 Å². The number of carbonyl (C=O) groups excluding carboxylic acids is 2. The molecule has 5 heterocycles. The molecule has 3 unspecified atom stereocenters. The highest BCUT2D eigenvalue weighted by atomic mass is 32.2. The Morgan fingerprint density at radius 1 is 1.02 bits per heavy atom. The zero-order chi connectivity index (χ0) is 33.9. The number of benzene rings is 2. The molecule has 258 valence electrons. The molecular weight excluding hydrogens is 641 g/mol. The van der Waals surface area contributed by atoms with Crippen LogP contribution in [0.5, 0.6) is 5.75 Å². The molecule has 0 radical (unpaired) electrons. The number of sulfonamides is 1. The average molecular weight is 685 g/mol. The van der Waals surface area contributed by atoms with Gasteiger partial charge in [-0.15, -0.1) is 0 Å². The van der Waals surface area contributed by atoms with Crippen molar-refractivity contribution in [2.75, 3.05) is 46.5 Å². The van der Waals surface area contributed by atoms with Crippen molar-refractivity contribution < 1.29 is 27.5 Å². The van der Waals surface area contributed by atoms with E-state index in [0.29, 0.717) is 38.8 Å². The van der Waals surface area contributed by atoms with E-state index in [1.54, 1.807) is 13.2 Å². The summed E-state index contributed by atoms with van der Waals surface area (Å²) in [6, 6.07) is 11.8. The highest BCUT2D eigenvalue weighted by Crippen LogP contribution is 2.67. The van der Waals surface area contributed by atoms with Crippen molar-refractivity contribution in [1.29, 1.82) is 0 Å². The topological polar surface area (TPSA) is 119 Å². The Hall–Kier alpha value is -3.67. The van der Waals surface area contributed by atoms with E-state index in [1.807, 2.05) is 18.2 Å². The molecule has 4 aliphatic heterocycles. The fourth-order valence-electron chi connectivity index (χ4n) is 10.2. The van der Waals surface area contributed by atoms with Crippen molar-refractivity contribution in [3.8, 4) is 17.0 Å². The highest BCUT2D eigenvalue weighted by Gasteiger charge is 2.69. The second kappa shape index (κ2) is 10.7. The summed E-state index contributed by atoms with van der Waals surface area (Å²) < 4.78 is 41.4. The molecule has 49 heavy (non-hydrogen) atoms. The van der Waals surface area contributed by atoms with Crippen LogP contribution >= 0.6 is 0 Å². The Morgan fingerprint density at radius 2 is 1.76 bits per heavy atom. The molecule has 2 N–H and O–H groups in total. The van der Waals surface area contributed by atoms with E-state index >= 15 is 4.79 Å². The Morgan fingerprint density at radius 3 is 2.45 bits per heavy atom. The van der Waals surface area contributed by atoms with Gasteiger partial charge in [-0.1, -0.05) is 31.9 Å². The monoisotopic (exact) mass is 684 g/mol. The minimum Gasteiger partial charge on any atom is -0.497 e. The third kappa shape index (κ3) is 4.40. The van der Waals surface area contributed by atoms with Crippen molar-refractivity contribution in [1.82, 2.24) is 19.5 Å². The van der Waals surface area contributed by atoms with Crippen LogP contribution in [0.3, 0.4) is 0 Å². The van der Waals surface area contributed by atoms with Crippen LogP contribution in [0, 0.1) is 16.2 Å². The highest BCUT2D eigenvalue weighted by molar-refractivity contribution is 7.93. The second-order valence-electron chi connectivity index (χ2n) is 15.7. The number of hydrogen-bond donors (Lipinski definition) is 2. The number of carbonyl (C=O) groups is 2. The molecule has 3 saturated heterocycles. The van der Waals surface area contributed by atoms with Crippen molar-refractivity contribution in [2.45, 2.75) is 63.8 Å². The largest absolute Gasteiger partial charge is 0.497 e. The molecule has 3 aromatic rings. The molecule has 4 atom stereocenters. The first kappa shape index (κ1) is 31.3. The molecule has 9 rings (SSSR count). The van der Waals surface area contributed by atoms with Gasteiger partial charge in [0.25, 0.3) is 15.9 Å². The van der Waals surface area contributed by atoms with Gasteiger partial charge in [0.1, 0.15) is 5.75 Å². The van der Waals surface area contributed by atoms with Gasteiger partial charge in [0.05, 0.1) is 36.3 Å². The molecule has 0 spiro atoms. The summed E-state index contributed by atoms with van der Waals surface area (Å²) in [6.45, 7) is 9.89. The first-order chi connectivity index (χ1) is 23.5. The van der Waals surface area contributed by atoms with Crippen molar-refractivity contribution in [2.24, 2.45) is 16.2 Å². The van der Waals surface area contributed by atoms with Gasteiger partial charge < -0.3 is 24.3 Å². The van der Waals surface area contributed by atoms with Crippen molar-refractivity contribution in [3.63, 3.8) is 0 Å². The van der Waals surface area contributed by atoms with Crippen molar-refractivity contribution in [3.05, 3.63) is 64.6 Å². The number of nitrogens with one attached hydrogen (secondary N) is 2. The predicted octanol–water partition coefficient (Wildman–Crippen LogP) is 4.89. The normalized spacial score (nSPS) is 30.2. The van der Waals surface area contributed by atoms with Gasteiger partial charge in [0, 0.05) is 71.5 Å². The van der Waals surface area contributed by atoms with E-state index in [-0.39, 0.29) is 33.1 Å². The van der Waals surface area contributed by atoms with Gasteiger partial charge >= 0.3 is 0 Å². The van der Waals surface area contributed by atoms with Crippen LogP contribution in [0.2, 0.25) is 0 Å². The summed E-state index contributed by atoms with van der Waals surface area (Å²) in [7, 11) is -2.32. The second-order valence-corrected chi connectivity index (χ2v) is 17.6. The summed E-state index contributed by atoms with van der Waals surface area (Å²) in [5, 5.41) is 4.66. The van der Waals surface area contributed by atoms with Crippen LogP contribution in [0.4, 0.5) is 0 Å². The zero-order valence-electron chi connectivity index (χ0n) is 28.3. The molecule has 2 aromatic carbocycles. The maximum absolute atomic E-state index is 15.1. The van der Waals surface area contributed by atoms with Gasteiger partial charge in [-0.25, -0.2) is 13.1 Å². The summed E-state index contributed by atoms with van der Waals surface area (Å²) >= 11 is 0. The fourth-order valence-corrected chi connectivity index (χ4v) is 10.8. The third-order valence-electron chi connectivity index (χ3n) is 13.0. The lowest BCUT2D eigenvalue weighted by molar-refractivity contribution is -0.137. The summed E-state index contributed by atoms with van der Waals surface area (Å²) in [5.41, 5.74) is 5.07. The van der Waals surface area contributed by atoms with E-state index in [0.717, 1.165) is 78.7 Å². The van der Waals surface area contributed by atoms with Crippen LogP contribution in [-0.2, 0) is 26.1 Å². The van der Waals surface area contributed by atoms with Gasteiger partial charge in [0.2, 0.25) is 5.91 Å². The number of methoxy groups -OCH3 is 1. The van der Waals surface area contributed by atoms with Crippen LogP contribution in [0.1, 0.15) is 78.8 Å². The van der Waals surface area contributed by atoms with E-state index in [9.17, 15) is 13.2 Å². The Bertz CT molecular complexity index is 2030. The number of hydrogen-bond acceptors (Lipinski definition) is 7. The zero-order valence-corrected chi connectivity index (χ0v) is 29.1.